The largest absolute Gasteiger partial charge is 0.481 e. The van der Waals surface area contributed by atoms with Crippen molar-refractivity contribution in [3.8, 4) is 5.88 Å². The number of aromatic amines is 1. The second-order valence-corrected chi connectivity index (χ2v) is 5.00. The fraction of sp³-hybridized carbons (Fsp3) is 0.308. The van der Waals surface area contributed by atoms with Gasteiger partial charge in [0.15, 0.2) is 5.82 Å². The Kier molecular flexibility index (Phi) is 4.39. The quantitative estimate of drug-likeness (QED) is 0.898. The predicted octanol–water partition coefficient (Wildman–Crippen LogP) is 2.70. The monoisotopic (exact) mass is 338 g/mol. The number of anilines is 1. The number of carbonyl (C=O) groups is 1. The van der Waals surface area contributed by atoms with E-state index in [0.29, 0.717) is 23.0 Å². The number of H-pyrrole nitrogens is 1. The van der Waals surface area contributed by atoms with Crippen molar-refractivity contribution >= 4 is 27.7 Å². The molecular formula is C13H15BrN4O2. The number of methoxy groups -OCH3 is 1. The first kappa shape index (κ1) is 14.5. The first-order valence-corrected chi connectivity index (χ1v) is 6.91. The Morgan fingerprint density at radius 3 is 2.85 bits per heavy atom. The molecule has 2 aromatic rings. The summed E-state index contributed by atoms with van der Waals surface area (Å²) in [6.07, 6.45) is 0.797. The molecule has 1 amide bonds. The highest BCUT2D eigenvalue weighted by Crippen LogP contribution is 2.24. The van der Waals surface area contributed by atoms with Gasteiger partial charge in [-0.1, -0.05) is 6.92 Å². The van der Waals surface area contributed by atoms with Crippen LogP contribution in [0, 0.1) is 6.92 Å². The van der Waals surface area contributed by atoms with Crippen molar-refractivity contribution < 1.29 is 9.53 Å². The SMILES string of the molecule is CCc1[nH]nc(NC(=O)c2cc(C)nc(OC)c2)c1Br. The van der Waals surface area contributed by atoms with Crippen LogP contribution < -0.4 is 10.1 Å². The number of aromatic nitrogens is 3. The third-order valence-electron chi connectivity index (χ3n) is 2.76. The summed E-state index contributed by atoms with van der Waals surface area (Å²) in [5.41, 5.74) is 2.12. The molecule has 0 aliphatic rings. The highest BCUT2D eigenvalue weighted by Gasteiger charge is 2.14. The van der Waals surface area contributed by atoms with Crippen molar-refractivity contribution in [2.45, 2.75) is 20.3 Å². The van der Waals surface area contributed by atoms with Gasteiger partial charge in [-0.05, 0) is 35.3 Å². The summed E-state index contributed by atoms with van der Waals surface area (Å²) < 4.78 is 5.83. The Morgan fingerprint density at radius 2 is 2.25 bits per heavy atom. The molecule has 0 aliphatic heterocycles. The van der Waals surface area contributed by atoms with E-state index in [9.17, 15) is 4.79 Å². The van der Waals surface area contributed by atoms with Crippen LogP contribution >= 0.6 is 15.9 Å². The molecule has 0 aromatic carbocycles. The van der Waals surface area contributed by atoms with Crippen LogP contribution in [0.1, 0.15) is 28.7 Å². The number of aryl methyl sites for hydroxylation is 2. The van der Waals surface area contributed by atoms with Crippen molar-refractivity contribution in [2.24, 2.45) is 0 Å². The molecule has 0 aliphatic carbocycles. The van der Waals surface area contributed by atoms with E-state index in [0.717, 1.165) is 16.6 Å². The number of nitrogens with zero attached hydrogens (tertiary/aromatic N) is 2. The van der Waals surface area contributed by atoms with Crippen LogP contribution in [-0.4, -0.2) is 28.2 Å². The molecule has 0 bridgehead atoms. The number of hydrogen-bond acceptors (Lipinski definition) is 4. The zero-order valence-corrected chi connectivity index (χ0v) is 13.0. The van der Waals surface area contributed by atoms with Gasteiger partial charge in [-0.25, -0.2) is 4.98 Å². The maximum atomic E-state index is 12.2. The summed E-state index contributed by atoms with van der Waals surface area (Å²) in [6, 6.07) is 3.28. The molecule has 2 heterocycles. The minimum atomic E-state index is -0.261. The summed E-state index contributed by atoms with van der Waals surface area (Å²) in [5.74, 6) is 0.620. The molecule has 0 saturated carbocycles. The Bertz CT molecular complexity index is 639. The molecule has 2 N–H and O–H groups in total. The van der Waals surface area contributed by atoms with Crippen LogP contribution in [0.5, 0.6) is 5.88 Å². The van der Waals surface area contributed by atoms with Crippen LogP contribution in [0.4, 0.5) is 5.82 Å². The molecule has 0 atom stereocenters. The van der Waals surface area contributed by atoms with Crippen LogP contribution in [0.25, 0.3) is 0 Å². The number of nitrogens with one attached hydrogen (secondary N) is 2. The highest BCUT2D eigenvalue weighted by atomic mass is 79.9. The Morgan fingerprint density at radius 1 is 1.50 bits per heavy atom. The number of ether oxygens (including phenoxy) is 1. The number of pyridine rings is 1. The van der Waals surface area contributed by atoms with Gasteiger partial charge in [0.2, 0.25) is 5.88 Å². The van der Waals surface area contributed by atoms with Gasteiger partial charge in [0, 0.05) is 17.3 Å². The predicted molar refractivity (Wildman–Crippen MR) is 79.1 cm³/mol. The molecule has 0 unspecified atom stereocenters. The Balaban J connectivity index is 2.23. The molecule has 106 valence electrons. The average molecular weight is 339 g/mol. The second-order valence-electron chi connectivity index (χ2n) is 4.21. The van der Waals surface area contributed by atoms with Crippen molar-refractivity contribution in [2.75, 3.05) is 12.4 Å². The fourth-order valence-corrected chi connectivity index (χ4v) is 2.29. The van der Waals surface area contributed by atoms with E-state index >= 15 is 0 Å². The van der Waals surface area contributed by atoms with Crippen LogP contribution in [0.2, 0.25) is 0 Å². The molecule has 0 saturated heterocycles. The van der Waals surface area contributed by atoms with Crippen molar-refractivity contribution in [1.82, 2.24) is 15.2 Å². The number of hydrogen-bond donors (Lipinski definition) is 2. The van der Waals surface area contributed by atoms with Gasteiger partial charge < -0.3 is 10.1 Å². The number of halogens is 1. The maximum Gasteiger partial charge on any atom is 0.257 e. The minimum Gasteiger partial charge on any atom is -0.481 e. The maximum absolute atomic E-state index is 12.2. The smallest absolute Gasteiger partial charge is 0.257 e. The lowest BCUT2D eigenvalue weighted by Crippen LogP contribution is -2.13. The standard InChI is InChI=1S/C13H15BrN4O2/c1-4-9-11(14)12(18-17-9)16-13(19)8-5-7(2)15-10(6-8)20-3/h5-6H,4H2,1-3H3,(H2,16,17,18,19). The lowest BCUT2D eigenvalue weighted by molar-refractivity contribution is 0.102. The van der Waals surface area contributed by atoms with Crippen molar-refractivity contribution in [3.05, 3.63) is 33.6 Å². The number of amides is 1. The van der Waals surface area contributed by atoms with Crippen LogP contribution in [0.15, 0.2) is 16.6 Å². The van der Waals surface area contributed by atoms with Crippen LogP contribution in [0.3, 0.4) is 0 Å². The van der Waals surface area contributed by atoms with E-state index in [1.165, 1.54) is 7.11 Å². The lowest BCUT2D eigenvalue weighted by atomic mass is 10.2. The van der Waals surface area contributed by atoms with E-state index in [2.05, 4.69) is 36.4 Å². The first-order valence-electron chi connectivity index (χ1n) is 6.12. The van der Waals surface area contributed by atoms with Crippen molar-refractivity contribution in [3.63, 3.8) is 0 Å². The van der Waals surface area contributed by atoms with E-state index in [1.54, 1.807) is 19.1 Å². The van der Waals surface area contributed by atoms with E-state index in [-0.39, 0.29) is 5.91 Å². The zero-order chi connectivity index (χ0) is 14.7. The van der Waals surface area contributed by atoms with E-state index < -0.39 is 0 Å². The average Bonchev–Trinajstić information content (AvgIpc) is 2.78. The van der Waals surface area contributed by atoms with Crippen LogP contribution in [-0.2, 0) is 6.42 Å². The molecule has 7 heteroatoms. The van der Waals surface area contributed by atoms with Crippen molar-refractivity contribution in [1.29, 1.82) is 0 Å². The molecular weight excluding hydrogens is 324 g/mol. The summed E-state index contributed by atoms with van der Waals surface area (Å²) in [4.78, 5) is 16.4. The van der Waals surface area contributed by atoms with Gasteiger partial charge in [0.25, 0.3) is 5.91 Å². The third-order valence-corrected chi connectivity index (χ3v) is 3.62. The highest BCUT2D eigenvalue weighted by molar-refractivity contribution is 9.10. The Hall–Kier alpha value is -1.89. The van der Waals surface area contributed by atoms with Gasteiger partial charge >= 0.3 is 0 Å². The summed E-state index contributed by atoms with van der Waals surface area (Å²) in [5, 5.41) is 9.68. The molecule has 0 radical (unpaired) electrons. The minimum absolute atomic E-state index is 0.261. The molecule has 20 heavy (non-hydrogen) atoms. The van der Waals surface area contributed by atoms with Gasteiger partial charge in [-0.3, -0.25) is 9.89 Å². The zero-order valence-electron chi connectivity index (χ0n) is 11.5. The summed E-state index contributed by atoms with van der Waals surface area (Å²) in [7, 11) is 1.52. The van der Waals surface area contributed by atoms with Gasteiger partial charge in [0.1, 0.15) is 0 Å². The van der Waals surface area contributed by atoms with Gasteiger partial charge in [-0.15, -0.1) is 0 Å². The summed E-state index contributed by atoms with van der Waals surface area (Å²) >= 11 is 3.41. The summed E-state index contributed by atoms with van der Waals surface area (Å²) in [6.45, 7) is 3.81. The molecule has 2 rings (SSSR count). The van der Waals surface area contributed by atoms with Gasteiger partial charge in [0.05, 0.1) is 17.3 Å². The van der Waals surface area contributed by atoms with E-state index in [1.807, 2.05) is 6.92 Å². The van der Waals surface area contributed by atoms with E-state index in [4.69, 9.17) is 4.74 Å². The third kappa shape index (κ3) is 2.98. The number of carbonyl (C=O) groups excluding carboxylic acids is 1. The molecule has 0 fully saturated rings. The van der Waals surface area contributed by atoms with Gasteiger partial charge in [-0.2, -0.15) is 5.10 Å². The molecule has 2 aromatic heterocycles. The molecule has 6 nitrogen and oxygen atoms in total. The Labute approximate surface area is 125 Å². The topological polar surface area (TPSA) is 79.9 Å². The fourth-order valence-electron chi connectivity index (χ4n) is 1.74. The lowest BCUT2D eigenvalue weighted by Gasteiger charge is -2.06. The molecule has 0 spiro atoms. The first-order chi connectivity index (χ1) is 9.55. The normalized spacial score (nSPS) is 10.4. The second kappa shape index (κ2) is 6.04. The number of rotatable bonds is 4.